The van der Waals surface area contributed by atoms with Gasteiger partial charge in [0.1, 0.15) is 0 Å². The second-order valence-electron chi connectivity index (χ2n) is 5.07. The molecule has 0 heterocycles. The number of halogens is 8. The van der Waals surface area contributed by atoms with Gasteiger partial charge in [0.05, 0.1) is 19.4 Å². The van der Waals surface area contributed by atoms with Crippen molar-refractivity contribution >= 4 is 22.0 Å². The molecule has 0 aliphatic rings. The largest absolute Gasteiger partial charge is 0.466 e. The highest BCUT2D eigenvalue weighted by atomic mass is 32.2. The second-order valence-corrected chi connectivity index (χ2v) is 6.62. The Morgan fingerprint density at radius 1 is 1.03 bits per heavy atom. The van der Waals surface area contributed by atoms with E-state index in [9.17, 15) is 53.1 Å². The van der Waals surface area contributed by atoms with Gasteiger partial charge in [0.15, 0.2) is 0 Å². The molecule has 0 aromatic rings. The molecule has 2 N–H and O–H groups in total. The van der Waals surface area contributed by atoms with Crippen LogP contribution in [0.1, 0.15) is 12.8 Å². The third-order valence-electron chi connectivity index (χ3n) is 2.85. The van der Waals surface area contributed by atoms with E-state index < -0.39 is 71.4 Å². The molecule has 0 aliphatic heterocycles. The lowest BCUT2D eigenvalue weighted by Crippen LogP contribution is -2.61. The SMILES string of the molecule is C=CC(=O)OC(OCCC(F)(F)S(=O)(=O)O)(C(=O)NCCC(F)(F)F)C(F)(F)F. The molecule has 0 aromatic heterocycles. The second kappa shape index (κ2) is 9.21. The number of hydrogen-bond acceptors (Lipinski definition) is 6. The van der Waals surface area contributed by atoms with Crippen molar-refractivity contribution in [2.45, 2.75) is 36.2 Å². The first-order valence-corrected chi connectivity index (χ1v) is 8.49. The van der Waals surface area contributed by atoms with Crippen LogP contribution in [0, 0.1) is 0 Å². The average molecular weight is 467 g/mol. The summed E-state index contributed by atoms with van der Waals surface area (Å²) in [7, 11) is -6.08. The molecule has 170 valence electrons. The summed E-state index contributed by atoms with van der Waals surface area (Å²) in [6.45, 7) is -0.653. The molecule has 1 unspecified atom stereocenters. The van der Waals surface area contributed by atoms with Gasteiger partial charge in [-0.15, -0.1) is 0 Å². The maximum atomic E-state index is 13.4. The Morgan fingerprint density at radius 3 is 1.93 bits per heavy atom. The Bertz CT molecular complexity index is 719. The van der Waals surface area contributed by atoms with E-state index in [1.54, 1.807) is 0 Å². The third kappa shape index (κ3) is 7.73. The lowest BCUT2D eigenvalue weighted by Gasteiger charge is -2.33. The van der Waals surface area contributed by atoms with E-state index in [0.29, 0.717) is 0 Å². The molecule has 0 spiro atoms. The number of carbonyl (C=O) groups is 2. The van der Waals surface area contributed by atoms with Crippen molar-refractivity contribution in [3.05, 3.63) is 12.7 Å². The molecule has 0 radical (unpaired) electrons. The van der Waals surface area contributed by atoms with E-state index in [-0.39, 0.29) is 6.08 Å². The lowest BCUT2D eigenvalue weighted by atomic mass is 10.2. The number of nitrogens with one attached hydrogen (secondary N) is 1. The minimum atomic E-state index is -6.08. The number of amides is 1. The van der Waals surface area contributed by atoms with Crippen LogP contribution in [0.2, 0.25) is 0 Å². The Balaban J connectivity index is 5.74. The molecule has 0 saturated heterocycles. The molecule has 0 fully saturated rings. The first-order valence-electron chi connectivity index (χ1n) is 7.05. The number of ether oxygens (including phenoxy) is 2. The molecule has 0 rings (SSSR count). The maximum absolute atomic E-state index is 13.4. The van der Waals surface area contributed by atoms with Gasteiger partial charge in [0.25, 0.3) is 0 Å². The lowest BCUT2D eigenvalue weighted by molar-refractivity contribution is -0.347. The van der Waals surface area contributed by atoms with Gasteiger partial charge in [0.2, 0.25) is 0 Å². The first-order chi connectivity index (χ1) is 12.8. The molecule has 0 aliphatic carbocycles. The summed E-state index contributed by atoms with van der Waals surface area (Å²) in [5, 5.41) is -3.89. The Kier molecular flexibility index (Phi) is 8.57. The van der Waals surface area contributed by atoms with Crippen molar-refractivity contribution in [1.82, 2.24) is 5.32 Å². The van der Waals surface area contributed by atoms with E-state index >= 15 is 0 Å². The van der Waals surface area contributed by atoms with E-state index in [1.165, 1.54) is 0 Å². The predicted molar refractivity (Wildman–Crippen MR) is 75.8 cm³/mol. The van der Waals surface area contributed by atoms with E-state index in [4.69, 9.17) is 4.55 Å². The Morgan fingerprint density at radius 2 is 1.55 bits per heavy atom. The topological polar surface area (TPSA) is 119 Å². The molecule has 8 nitrogen and oxygen atoms in total. The number of carbonyl (C=O) groups excluding carboxylic acids is 2. The van der Waals surface area contributed by atoms with Crippen LogP contribution in [-0.4, -0.2) is 61.4 Å². The van der Waals surface area contributed by atoms with Gasteiger partial charge in [-0.3, -0.25) is 9.35 Å². The van der Waals surface area contributed by atoms with Gasteiger partial charge >= 0.3 is 45.4 Å². The van der Waals surface area contributed by atoms with Gasteiger partial charge < -0.3 is 14.8 Å². The summed E-state index contributed by atoms with van der Waals surface area (Å²) in [6, 6.07) is 0. The van der Waals surface area contributed by atoms with Crippen LogP contribution in [0.15, 0.2) is 12.7 Å². The van der Waals surface area contributed by atoms with Gasteiger partial charge in [-0.2, -0.15) is 43.5 Å². The molecular weight excluding hydrogens is 454 g/mol. The molecular formula is C12H13F8NO7S. The fourth-order valence-corrected chi connectivity index (χ4v) is 1.81. The number of esters is 1. The maximum Gasteiger partial charge on any atom is 0.466 e. The zero-order chi connectivity index (χ0) is 23.3. The fraction of sp³-hybridized carbons (Fsp3) is 0.667. The highest BCUT2D eigenvalue weighted by Crippen LogP contribution is 2.37. The first kappa shape index (κ1) is 27.0. The monoisotopic (exact) mass is 467 g/mol. The summed E-state index contributed by atoms with van der Waals surface area (Å²) < 4.78 is 139. The summed E-state index contributed by atoms with van der Waals surface area (Å²) in [5.41, 5.74) is 0. The van der Waals surface area contributed by atoms with Crippen LogP contribution in [-0.2, 0) is 29.2 Å². The molecule has 17 heteroatoms. The predicted octanol–water partition coefficient (Wildman–Crippen LogP) is 1.93. The van der Waals surface area contributed by atoms with Crippen molar-refractivity contribution in [3.8, 4) is 0 Å². The quantitative estimate of drug-likeness (QED) is 0.166. The molecule has 0 aromatic carbocycles. The van der Waals surface area contributed by atoms with E-state index in [1.807, 2.05) is 0 Å². The molecule has 29 heavy (non-hydrogen) atoms. The standard InChI is InChI=1S/C12H13F8NO7S/c1-2-7(22)28-11(12(18,19)20,8(23)21-5-3-9(13,14)15)27-6-4-10(16,17)29(24,25)26/h2H,1,3-6H2,(H,21,23)(H,24,25,26). The Hall–Kier alpha value is -2.01. The number of hydrogen-bond donors (Lipinski definition) is 2. The van der Waals surface area contributed by atoms with Crippen molar-refractivity contribution < 1.29 is 67.2 Å². The van der Waals surface area contributed by atoms with Gasteiger partial charge in [-0.1, -0.05) is 6.58 Å². The summed E-state index contributed by atoms with van der Waals surface area (Å²) in [5.74, 6) is -9.20. The van der Waals surface area contributed by atoms with Crippen LogP contribution in [0.5, 0.6) is 0 Å². The van der Waals surface area contributed by atoms with Gasteiger partial charge in [-0.05, 0) is 0 Å². The minimum Gasteiger partial charge on any atom is -0.412 e. The molecule has 1 atom stereocenters. The zero-order valence-corrected chi connectivity index (χ0v) is 14.8. The zero-order valence-electron chi connectivity index (χ0n) is 13.9. The third-order valence-corrected chi connectivity index (χ3v) is 3.81. The molecule has 0 bridgehead atoms. The summed E-state index contributed by atoms with van der Waals surface area (Å²) in [4.78, 5) is 23.0. The van der Waals surface area contributed by atoms with Crippen molar-refractivity contribution in [1.29, 1.82) is 0 Å². The van der Waals surface area contributed by atoms with Gasteiger partial charge in [-0.25, -0.2) is 4.79 Å². The van der Waals surface area contributed by atoms with Crippen molar-refractivity contribution in [2.75, 3.05) is 13.2 Å². The van der Waals surface area contributed by atoms with Crippen LogP contribution >= 0.6 is 0 Å². The van der Waals surface area contributed by atoms with Crippen molar-refractivity contribution in [2.24, 2.45) is 0 Å². The minimum absolute atomic E-state index is 0.0969. The van der Waals surface area contributed by atoms with Crippen LogP contribution in [0.25, 0.3) is 0 Å². The molecule has 0 saturated carbocycles. The highest BCUT2D eigenvalue weighted by molar-refractivity contribution is 7.86. The van der Waals surface area contributed by atoms with Gasteiger partial charge in [0, 0.05) is 12.6 Å². The highest BCUT2D eigenvalue weighted by Gasteiger charge is 2.66. The van der Waals surface area contributed by atoms with Crippen LogP contribution in [0.3, 0.4) is 0 Å². The number of alkyl halides is 8. The van der Waals surface area contributed by atoms with E-state index in [0.717, 1.165) is 5.32 Å². The average Bonchev–Trinajstić information content (AvgIpc) is 2.49. The van der Waals surface area contributed by atoms with Crippen LogP contribution < -0.4 is 5.32 Å². The fourth-order valence-electron chi connectivity index (χ4n) is 1.47. The summed E-state index contributed by atoms with van der Waals surface area (Å²) >= 11 is 0. The molecule has 1 amide bonds. The normalized spacial score (nSPS) is 15.3. The Labute approximate surface area is 157 Å². The number of rotatable bonds is 10. The van der Waals surface area contributed by atoms with Crippen LogP contribution in [0.4, 0.5) is 35.1 Å². The van der Waals surface area contributed by atoms with E-state index in [2.05, 4.69) is 16.1 Å². The smallest absolute Gasteiger partial charge is 0.412 e. The van der Waals surface area contributed by atoms with Crippen molar-refractivity contribution in [3.63, 3.8) is 0 Å². The summed E-state index contributed by atoms with van der Waals surface area (Å²) in [6.07, 6.45) is -14.8.